The summed E-state index contributed by atoms with van der Waals surface area (Å²) in [7, 11) is 0. The van der Waals surface area contributed by atoms with Crippen LogP contribution in [-0.4, -0.2) is 4.98 Å². The Labute approximate surface area is 130 Å². The zero-order chi connectivity index (χ0) is 14.8. The molecule has 0 fully saturated rings. The normalized spacial score (nSPS) is 11.0. The zero-order valence-electron chi connectivity index (χ0n) is 12.7. The van der Waals surface area contributed by atoms with Crippen LogP contribution in [0.1, 0.15) is 22.3 Å². The Hall–Kier alpha value is -1.80. The second-order valence-corrected chi connectivity index (χ2v) is 6.52. The molecule has 0 N–H and O–H groups in total. The van der Waals surface area contributed by atoms with Crippen molar-refractivity contribution in [1.82, 2.24) is 4.98 Å². The lowest BCUT2D eigenvalue weighted by Gasteiger charge is -2.08. The number of benzene rings is 2. The van der Waals surface area contributed by atoms with Crippen LogP contribution >= 0.6 is 11.8 Å². The number of aryl methyl sites for hydroxylation is 3. The fourth-order valence-corrected chi connectivity index (χ4v) is 3.37. The molecule has 0 saturated heterocycles. The number of fused-ring (bicyclic) bond motifs is 1. The first kappa shape index (κ1) is 14.2. The van der Waals surface area contributed by atoms with E-state index < -0.39 is 0 Å². The Morgan fingerprint density at radius 1 is 0.905 bits per heavy atom. The third kappa shape index (κ3) is 3.11. The monoisotopic (exact) mass is 293 g/mol. The van der Waals surface area contributed by atoms with E-state index in [-0.39, 0.29) is 0 Å². The molecule has 0 spiro atoms. The topological polar surface area (TPSA) is 12.9 Å². The Morgan fingerprint density at radius 3 is 2.43 bits per heavy atom. The van der Waals surface area contributed by atoms with Gasteiger partial charge in [0.1, 0.15) is 0 Å². The van der Waals surface area contributed by atoms with Crippen LogP contribution < -0.4 is 0 Å². The van der Waals surface area contributed by atoms with E-state index in [0.717, 1.165) is 16.3 Å². The fourth-order valence-electron chi connectivity index (χ4n) is 2.45. The van der Waals surface area contributed by atoms with Crippen LogP contribution in [0.5, 0.6) is 0 Å². The maximum absolute atomic E-state index is 4.83. The molecular formula is C19H19NS. The quantitative estimate of drug-likeness (QED) is 0.595. The summed E-state index contributed by atoms with van der Waals surface area (Å²) >= 11 is 1.81. The standard InChI is InChI=1S/C19H19NS/c1-13-7-9-16(10-8-13)12-21-18-11-15(3)17-6-4-5-14(2)19(17)20-18/h4-11H,12H2,1-3H3. The number of hydrogen-bond donors (Lipinski definition) is 0. The second-order valence-electron chi connectivity index (χ2n) is 5.52. The van der Waals surface area contributed by atoms with Crippen LogP contribution in [0.15, 0.2) is 53.6 Å². The van der Waals surface area contributed by atoms with Crippen molar-refractivity contribution in [3.05, 3.63) is 70.8 Å². The highest BCUT2D eigenvalue weighted by molar-refractivity contribution is 7.98. The highest BCUT2D eigenvalue weighted by Crippen LogP contribution is 2.27. The molecule has 0 saturated carbocycles. The lowest BCUT2D eigenvalue weighted by molar-refractivity contribution is 1.15. The molecule has 2 aromatic carbocycles. The van der Waals surface area contributed by atoms with Gasteiger partial charge in [0.05, 0.1) is 10.5 Å². The Balaban J connectivity index is 1.87. The molecule has 0 unspecified atom stereocenters. The summed E-state index contributed by atoms with van der Waals surface area (Å²) in [6, 6.07) is 17.3. The first-order chi connectivity index (χ1) is 10.1. The number of hydrogen-bond acceptors (Lipinski definition) is 2. The molecule has 0 bridgehead atoms. The molecular weight excluding hydrogens is 274 g/mol. The van der Waals surface area contributed by atoms with E-state index in [1.54, 1.807) is 11.8 Å². The highest BCUT2D eigenvalue weighted by atomic mass is 32.2. The smallest absolute Gasteiger partial charge is 0.0973 e. The predicted octanol–water partition coefficient (Wildman–Crippen LogP) is 5.45. The van der Waals surface area contributed by atoms with E-state index in [9.17, 15) is 0 Å². The number of rotatable bonds is 3. The van der Waals surface area contributed by atoms with Gasteiger partial charge in [-0.2, -0.15) is 0 Å². The summed E-state index contributed by atoms with van der Waals surface area (Å²) < 4.78 is 0. The van der Waals surface area contributed by atoms with Gasteiger partial charge in [-0.15, -0.1) is 11.8 Å². The van der Waals surface area contributed by atoms with Gasteiger partial charge in [0.15, 0.2) is 0 Å². The second kappa shape index (κ2) is 5.90. The summed E-state index contributed by atoms with van der Waals surface area (Å²) in [5.41, 5.74) is 6.32. The third-order valence-electron chi connectivity index (χ3n) is 3.73. The van der Waals surface area contributed by atoms with Gasteiger partial charge in [-0.05, 0) is 43.5 Å². The molecule has 2 heteroatoms. The average molecular weight is 293 g/mol. The van der Waals surface area contributed by atoms with Crippen molar-refractivity contribution in [2.75, 3.05) is 0 Å². The summed E-state index contributed by atoms with van der Waals surface area (Å²) in [5, 5.41) is 2.37. The van der Waals surface area contributed by atoms with Crippen LogP contribution in [-0.2, 0) is 5.75 Å². The maximum Gasteiger partial charge on any atom is 0.0973 e. The van der Waals surface area contributed by atoms with Crippen LogP contribution in [0.2, 0.25) is 0 Å². The van der Waals surface area contributed by atoms with E-state index in [1.807, 2.05) is 0 Å². The van der Waals surface area contributed by atoms with E-state index in [0.29, 0.717) is 0 Å². The first-order valence-corrected chi connectivity index (χ1v) is 8.17. The number of thioether (sulfide) groups is 1. The van der Waals surface area contributed by atoms with E-state index >= 15 is 0 Å². The van der Waals surface area contributed by atoms with Gasteiger partial charge >= 0.3 is 0 Å². The molecule has 1 heterocycles. The van der Waals surface area contributed by atoms with Crippen molar-refractivity contribution in [2.24, 2.45) is 0 Å². The van der Waals surface area contributed by atoms with Gasteiger partial charge in [0.25, 0.3) is 0 Å². The number of para-hydroxylation sites is 1. The van der Waals surface area contributed by atoms with Gasteiger partial charge in [0.2, 0.25) is 0 Å². The molecule has 0 aliphatic heterocycles. The molecule has 0 aliphatic rings. The summed E-state index contributed by atoms with van der Waals surface area (Å²) in [6.07, 6.45) is 0. The van der Waals surface area contributed by atoms with Gasteiger partial charge in [-0.1, -0.05) is 48.0 Å². The number of nitrogens with zero attached hydrogens (tertiary/aromatic N) is 1. The molecule has 21 heavy (non-hydrogen) atoms. The lowest BCUT2D eigenvalue weighted by atomic mass is 10.1. The molecule has 0 amide bonds. The summed E-state index contributed by atoms with van der Waals surface area (Å²) in [4.78, 5) is 4.83. The first-order valence-electron chi connectivity index (χ1n) is 7.19. The third-order valence-corrected chi connectivity index (χ3v) is 4.71. The van der Waals surface area contributed by atoms with Gasteiger partial charge < -0.3 is 0 Å². The lowest BCUT2D eigenvalue weighted by Crippen LogP contribution is -1.90. The molecule has 106 valence electrons. The van der Waals surface area contributed by atoms with Crippen LogP contribution in [0, 0.1) is 20.8 Å². The Morgan fingerprint density at radius 2 is 1.67 bits per heavy atom. The zero-order valence-corrected chi connectivity index (χ0v) is 13.5. The molecule has 3 aromatic rings. The largest absolute Gasteiger partial charge is 0.241 e. The van der Waals surface area contributed by atoms with Crippen molar-refractivity contribution in [1.29, 1.82) is 0 Å². The van der Waals surface area contributed by atoms with E-state index in [4.69, 9.17) is 4.98 Å². The molecule has 3 rings (SSSR count). The Bertz CT molecular complexity index is 775. The van der Waals surface area contributed by atoms with E-state index in [1.165, 1.54) is 27.6 Å². The average Bonchev–Trinajstić information content (AvgIpc) is 2.48. The molecule has 1 aromatic heterocycles. The Kier molecular flexibility index (Phi) is 3.98. The van der Waals surface area contributed by atoms with Crippen molar-refractivity contribution in [2.45, 2.75) is 31.6 Å². The number of aromatic nitrogens is 1. The number of pyridine rings is 1. The van der Waals surface area contributed by atoms with Gasteiger partial charge in [-0.25, -0.2) is 4.98 Å². The van der Waals surface area contributed by atoms with Gasteiger partial charge in [0, 0.05) is 11.1 Å². The molecule has 0 atom stereocenters. The summed E-state index contributed by atoms with van der Waals surface area (Å²) in [6.45, 7) is 6.41. The minimum absolute atomic E-state index is 0.962. The minimum Gasteiger partial charge on any atom is -0.241 e. The van der Waals surface area contributed by atoms with Crippen molar-refractivity contribution >= 4 is 22.7 Å². The predicted molar refractivity (Wildman–Crippen MR) is 92.0 cm³/mol. The molecule has 0 aliphatic carbocycles. The SMILES string of the molecule is Cc1ccc(CSc2cc(C)c3cccc(C)c3n2)cc1. The van der Waals surface area contributed by atoms with Crippen molar-refractivity contribution < 1.29 is 0 Å². The van der Waals surface area contributed by atoms with Crippen molar-refractivity contribution in [3.8, 4) is 0 Å². The van der Waals surface area contributed by atoms with Gasteiger partial charge in [-0.3, -0.25) is 0 Å². The van der Waals surface area contributed by atoms with E-state index in [2.05, 4.69) is 69.3 Å². The maximum atomic E-state index is 4.83. The van der Waals surface area contributed by atoms with Crippen molar-refractivity contribution in [3.63, 3.8) is 0 Å². The van der Waals surface area contributed by atoms with Crippen LogP contribution in [0.3, 0.4) is 0 Å². The van der Waals surface area contributed by atoms with Crippen LogP contribution in [0.4, 0.5) is 0 Å². The van der Waals surface area contributed by atoms with Crippen LogP contribution in [0.25, 0.3) is 10.9 Å². The highest BCUT2D eigenvalue weighted by Gasteiger charge is 2.05. The molecule has 0 radical (unpaired) electrons. The fraction of sp³-hybridized carbons (Fsp3) is 0.211. The summed E-state index contributed by atoms with van der Waals surface area (Å²) in [5.74, 6) is 0.962. The minimum atomic E-state index is 0.962. The molecule has 1 nitrogen and oxygen atoms in total.